The third-order valence-electron chi connectivity index (χ3n) is 1.42. The first-order valence-corrected chi connectivity index (χ1v) is 4.55. The molecule has 13 heavy (non-hydrogen) atoms. The molecule has 0 spiro atoms. The number of ether oxygens (including phenoxy) is 1. The van der Waals surface area contributed by atoms with Crippen LogP contribution >= 0.6 is 0 Å². The van der Waals surface area contributed by atoms with Gasteiger partial charge in [-0.15, -0.1) is 0 Å². The molecular weight excluding hydrogens is 195 g/mol. The third kappa shape index (κ3) is 3.48. The molecule has 0 saturated carbocycles. The van der Waals surface area contributed by atoms with Gasteiger partial charge in [0.15, 0.2) is 0 Å². The molecule has 1 fully saturated rings. The predicted molar refractivity (Wildman–Crippen MR) is 33.8 cm³/mol. The summed E-state index contributed by atoms with van der Waals surface area (Å²) in [7, 11) is -4.56. The SMILES string of the molecule is O=C1CC(S(=O)(=O)[O-])CC(=O)O1.[Li+]. The Morgan fingerprint density at radius 2 is 1.62 bits per heavy atom. The molecule has 0 bridgehead atoms. The molecule has 0 amide bonds. The van der Waals surface area contributed by atoms with Gasteiger partial charge in [-0.25, -0.2) is 8.42 Å². The van der Waals surface area contributed by atoms with Crippen LogP contribution in [0.3, 0.4) is 0 Å². The first-order valence-electron chi connectivity index (χ1n) is 3.08. The summed E-state index contributed by atoms with van der Waals surface area (Å²) in [5, 5.41) is -1.45. The molecule has 0 aliphatic carbocycles. The number of carbonyl (C=O) groups is 2. The molecule has 0 N–H and O–H groups in total. The Bertz CT molecular complexity index is 304. The maximum absolute atomic E-state index is 10.5. The molecule has 0 atom stereocenters. The van der Waals surface area contributed by atoms with E-state index in [1.165, 1.54) is 0 Å². The van der Waals surface area contributed by atoms with Crippen molar-refractivity contribution in [3.05, 3.63) is 0 Å². The van der Waals surface area contributed by atoms with E-state index in [1.807, 2.05) is 0 Å². The van der Waals surface area contributed by atoms with Crippen molar-refractivity contribution in [2.24, 2.45) is 0 Å². The summed E-state index contributed by atoms with van der Waals surface area (Å²) in [5.74, 6) is -1.92. The summed E-state index contributed by atoms with van der Waals surface area (Å²) in [5.41, 5.74) is 0. The van der Waals surface area contributed by atoms with Crippen molar-refractivity contribution < 1.29 is 46.2 Å². The average Bonchev–Trinajstić information content (AvgIpc) is 1.82. The van der Waals surface area contributed by atoms with Crippen LogP contribution in [0.15, 0.2) is 0 Å². The van der Waals surface area contributed by atoms with Gasteiger partial charge in [0.1, 0.15) is 0 Å². The van der Waals surface area contributed by atoms with Crippen molar-refractivity contribution in [3.8, 4) is 0 Å². The van der Waals surface area contributed by atoms with Gasteiger partial charge < -0.3 is 9.29 Å². The molecule has 0 aromatic carbocycles. The first kappa shape index (κ1) is 12.6. The van der Waals surface area contributed by atoms with Gasteiger partial charge in [-0.2, -0.15) is 0 Å². The fourth-order valence-corrected chi connectivity index (χ4v) is 1.54. The van der Waals surface area contributed by atoms with E-state index in [1.54, 1.807) is 0 Å². The zero-order chi connectivity index (χ0) is 9.35. The van der Waals surface area contributed by atoms with E-state index in [4.69, 9.17) is 0 Å². The van der Waals surface area contributed by atoms with Crippen LogP contribution in [0.4, 0.5) is 0 Å². The molecule has 1 aliphatic rings. The number of cyclic esters (lactones) is 2. The van der Waals surface area contributed by atoms with Crippen LogP contribution in [0.2, 0.25) is 0 Å². The van der Waals surface area contributed by atoms with Gasteiger partial charge in [-0.1, -0.05) is 0 Å². The Morgan fingerprint density at radius 1 is 1.23 bits per heavy atom. The van der Waals surface area contributed by atoms with Crippen LogP contribution in [0, 0.1) is 0 Å². The van der Waals surface area contributed by atoms with E-state index in [0.717, 1.165) is 0 Å². The number of carbonyl (C=O) groups excluding carboxylic acids is 2. The fourth-order valence-electron chi connectivity index (χ4n) is 0.858. The van der Waals surface area contributed by atoms with E-state index in [0.29, 0.717) is 0 Å². The summed E-state index contributed by atoms with van der Waals surface area (Å²) in [4.78, 5) is 21.0. The number of rotatable bonds is 1. The second kappa shape index (κ2) is 4.24. The van der Waals surface area contributed by atoms with Crippen molar-refractivity contribution in [2.75, 3.05) is 0 Å². The first-order chi connectivity index (χ1) is 5.39. The van der Waals surface area contributed by atoms with Gasteiger partial charge in [-0.05, 0) is 0 Å². The monoisotopic (exact) mass is 200 g/mol. The third-order valence-corrected chi connectivity index (χ3v) is 2.57. The summed E-state index contributed by atoms with van der Waals surface area (Å²) in [6.07, 6.45) is -1.06. The minimum atomic E-state index is -4.56. The van der Waals surface area contributed by atoms with Crippen molar-refractivity contribution in [2.45, 2.75) is 18.1 Å². The van der Waals surface area contributed by atoms with E-state index < -0.39 is 40.1 Å². The summed E-state index contributed by atoms with van der Waals surface area (Å²) in [6, 6.07) is 0. The Kier molecular flexibility index (Phi) is 4.12. The van der Waals surface area contributed by atoms with Crippen molar-refractivity contribution in [1.29, 1.82) is 0 Å². The van der Waals surface area contributed by atoms with Crippen LogP contribution < -0.4 is 18.9 Å². The Hall–Kier alpha value is -0.353. The zero-order valence-corrected chi connectivity index (χ0v) is 7.67. The topological polar surface area (TPSA) is 101 Å². The molecule has 0 unspecified atom stereocenters. The largest absolute Gasteiger partial charge is 1.00 e. The Balaban J connectivity index is 0.00000144. The van der Waals surface area contributed by atoms with E-state index in [-0.39, 0.29) is 18.9 Å². The molecule has 6 nitrogen and oxygen atoms in total. The number of hydrogen-bond acceptors (Lipinski definition) is 6. The summed E-state index contributed by atoms with van der Waals surface area (Å²) in [6.45, 7) is 0. The molecule has 1 heterocycles. The predicted octanol–water partition coefficient (Wildman–Crippen LogP) is -4.23. The Labute approximate surface area is 86.6 Å². The second-order valence-corrected chi connectivity index (χ2v) is 4.02. The minimum Gasteiger partial charge on any atom is -0.748 e. The molecule has 0 aromatic heterocycles. The molecular formula is C5H5LiO6S. The average molecular weight is 200 g/mol. The van der Waals surface area contributed by atoms with E-state index >= 15 is 0 Å². The standard InChI is InChI=1S/C5H6O6S.Li/c6-4-1-3(12(8,9)10)2-5(7)11-4;/h3H,1-2H2,(H,8,9,10);/q;+1/p-1. The molecule has 0 aromatic rings. The van der Waals surface area contributed by atoms with Gasteiger partial charge in [0.25, 0.3) is 0 Å². The molecule has 1 saturated heterocycles. The van der Waals surface area contributed by atoms with Crippen LogP contribution in [0.5, 0.6) is 0 Å². The van der Waals surface area contributed by atoms with Crippen molar-refractivity contribution >= 4 is 22.1 Å². The van der Waals surface area contributed by atoms with Crippen LogP contribution in [0.1, 0.15) is 12.8 Å². The maximum atomic E-state index is 10.5. The minimum absolute atomic E-state index is 0. The fraction of sp³-hybridized carbons (Fsp3) is 0.600. The number of esters is 2. The van der Waals surface area contributed by atoms with Gasteiger partial charge >= 0.3 is 30.8 Å². The quantitative estimate of drug-likeness (QED) is 0.184. The second-order valence-electron chi connectivity index (χ2n) is 2.37. The van der Waals surface area contributed by atoms with Crippen LogP contribution in [0.25, 0.3) is 0 Å². The smallest absolute Gasteiger partial charge is 0.748 e. The van der Waals surface area contributed by atoms with Gasteiger partial charge in [0.2, 0.25) is 0 Å². The molecule has 0 radical (unpaired) electrons. The molecule has 68 valence electrons. The number of hydrogen-bond donors (Lipinski definition) is 0. The van der Waals surface area contributed by atoms with Crippen LogP contribution in [-0.2, 0) is 24.4 Å². The summed E-state index contributed by atoms with van der Waals surface area (Å²) < 4.78 is 35.1. The maximum Gasteiger partial charge on any atom is 1.00 e. The van der Waals surface area contributed by atoms with E-state index in [9.17, 15) is 22.6 Å². The summed E-state index contributed by atoms with van der Waals surface area (Å²) >= 11 is 0. The molecule has 1 aliphatic heterocycles. The van der Waals surface area contributed by atoms with Crippen molar-refractivity contribution in [3.63, 3.8) is 0 Å². The zero-order valence-electron chi connectivity index (χ0n) is 6.85. The molecule has 1 rings (SSSR count). The Morgan fingerprint density at radius 3 is 1.92 bits per heavy atom. The molecule has 8 heteroatoms. The van der Waals surface area contributed by atoms with Crippen molar-refractivity contribution in [1.82, 2.24) is 0 Å². The normalized spacial score (nSPS) is 19.2. The van der Waals surface area contributed by atoms with Gasteiger partial charge in [0.05, 0.1) is 28.2 Å². The van der Waals surface area contributed by atoms with Gasteiger partial charge in [0, 0.05) is 0 Å². The van der Waals surface area contributed by atoms with Gasteiger partial charge in [-0.3, -0.25) is 9.59 Å². The van der Waals surface area contributed by atoms with Crippen LogP contribution in [-0.4, -0.2) is 30.2 Å². The van der Waals surface area contributed by atoms with E-state index in [2.05, 4.69) is 4.74 Å².